The Balaban J connectivity index is 1.50. The molecule has 31 heavy (non-hydrogen) atoms. The number of hydrogen-bond acceptors (Lipinski definition) is 4. The van der Waals surface area contributed by atoms with Gasteiger partial charge in [0.25, 0.3) is 5.91 Å². The summed E-state index contributed by atoms with van der Waals surface area (Å²) < 4.78 is 0.984. The number of piperidine rings is 1. The van der Waals surface area contributed by atoms with Crippen molar-refractivity contribution >= 4 is 39.1 Å². The van der Waals surface area contributed by atoms with Gasteiger partial charge in [0.05, 0.1) is 11.1 Å². The van der Waals surface area contributed by atoms with Crippen LogP contribution in [0.5, 0.6) is 0 Å². The number of halogens is 1. The molecule has 0 radical (unpaired) electrons. The van der Waals surface area contributed by atoms with Crippen molar-refractivity contribution in [1.29, 1.82) is 0 Å². The Hall–Kier alpha value is -2.99. The Labute approximate surface area is 189 Å². The van der Waals surface area contributed by atoms with Crippen LogP contribution in [0.4, 0.5) is 5.69 Å². The highest BCUT2D eigenvalue weighted by molar-refractivity contribution is 9.10. The lowest BCUT2D eigenvalue weighted by atomic mass is 9.65. The van der Waals surface area contributed by atoms with Gasteiger partial charge in [-0.2, -0.15) is 0 Å². The second-order valence-electron chi connectivity index (χ2n) is 8.20. The molecule has 2 atom stereocenters. The molecule has 2 aromatic carbocycles. The number of aliphatic imine (C=N–C) groups is 1. The molecule has 2 heterocycles. The average molecular weight is 476 g/mol. The Morgan fingerprint density at radius 2 is 1.87 bits per heavy atom. The monoisotopic (exact) mass is 475 g/mol. The first kappa shape index (κ1) is 19.9. The Bertz CT molecular complexity index is 1120. The van der Waals surface area contributed by atoms with Gasteiger partial charge in [-0.1, -0.05) is 52.3 Å². The molecule has 3 aliphatic rings. The fourth-order valence-corrected chi connectivity index (χ4v) is 5.13. The molecule has 1 saturated carbocycles. The minimum atomic E-state index is -0.803. The SMILES string of the molecule is O=C1NC(=O)[C@@]2(CCCC2=Nc2ccc(Br)cc2)[C@@H]2C=CN(Cc3ccccc3)C=C12. The van der Waals surface area contributed by atoms with Gasteiger partial charge in [0.15, 0.2) is 0 Å². The van der Waals surface area contributed by atoms with Crippen molar-refractivity contribution < 1.29 is 9.59 Å². The summed E-state index contributed by atoms with van der Waals surface area (Å²) in [6.45, 7) is 0.668. The van der Waals surface area contributed by atoms with Crippen LogP contribution < -0.4 is 5.32 Å². The lowest BCUT2D eigenvalue weighted by molar-refractivity contribution is -0.137. The molecule has 2 aliphatic heterocycles. The highest BCUT2D eigenvalue weighted by atomic mass is 79.9. The normalized spacial score (nSPS) is 26.2. The summed E-state index contributed by atoms with van der Waals surface area (Å²) in [4.78, 5) is 32.9. The minimum absolute atomic E-state index is 0.228. The molecule has 1 aliphatic carbocycles. The second kappa shape index (κ2) is 7.93. The summed E-state index contributed by atoms with van der Waals surface area (Å²) in [6.07, 6.45) is 8.20. The first-order valence-electron chi connectivity index (χ1n) is 10.5. The summed E-state index contributed by atoms with van der Waals surface area (Å²) in [6, 6.07) is 17.9. The van der Waals surface area contributed by atoms with E-state index in [1.807, 2.05) is 65.8 Å². The van der Waals surface area contributed by atoms with E-state index in [1.165, 1.54) is 0 Å². The summed E-state index contributed by atoms with van der Waals surface area (Å²) in [5.74, 6) is -0.829. The summed E-state index contributed by atoms with van der Waals surface area (Å²) in [5, 5.41) is 2.63. The van der Waals surface area contributed by atoms with Crippen molar-refractivity contribution in [2.75, 3.05) is 0 Å². The highest BCUT2D eigenvalue weighted by Gasteiger charge is 2.57. The number of rotatable bonds is 3. The van der Waals surface area contributed by atoms with Crippen molar-refractivity contribution in [3.05, 3.63) is 88.7 Å². The maximum Gasteiger partial charge on any atom is 0.255 e. The maximum atomic E-state index is 13.2. The van der Waals surface area contributed by atoms with Crippen LogP contribution in [0.1, 0.15) is 24.8 Å². The number of hydrogen-bond donors (Lipinski definition) is 1. The molecule has 156 valence electrons. The van der Waals surface area contributed by atoms with E-state index in [1.54, 1.807) is 0 Å². The summed E-state index contributed by atoms with van der Waals surface area (Å²) >= 11 is 3.45. The second-order valence-corrected chi connectivity index (χ2v) is 9.12. The summed E-state index contributed by atoms with van der Waals surface area (Å²) in [7, 11) is 0. The molecule has 1 saturated heterocycles. The smallest absolute Gasteiger partial charge is 0.255 e. The van der Waals surface area contributed by atoms with Gasteiger partial charge in [-0.25, -0.2) is 0 Å². The van der Waals surface area contributed by atoms with Crippen LogP contribution in [0.3, 0.4) is 0 Å². The van der Waals surface area contributed by atoms with Crippen LogP contribution in [0, 0.1) is 11.3 Å². The minimum Gasteiger partial charge on any atom is -0.350 e. The Morgan fingerprint density at radius 3 is 2.65 bits per heavy atom. The molecule has 2 aromatic rings. The molecule has 0 aromatic heterocycles. The maximum absolute atomic E-state index is 13.2. The van der Waals surface area contributed by atoms with E-state index in [2.05, 4.69) is 33.4 Å². The van der Waals surface area contributed by atoms with Gasteiger partial charge in [-0.3, -0.25) is 19.9 Å². The number of imide groups is 1. The van der Waals surface area contributed by atoms with E-state index in [0.717, 1.165) is 34.3 Å². The molecular formula is C25H22BrN3O2. The number of nitrogens with zero attached hydrogens (tertiary/aromatic N) is 2. The zero-order chi connectivity index (χ0) is 21.4. The fraction of sp³-hybridized carbons (Fsp3) is 0.240. The Kier molecular flexibility index (Phi) is 5.10. The van der Waals surface area contributed by atoms with E-state index in [0.29, 0.717) is 18.5 Å². The molecule has 1 N–H and O–H groups in total. The quantitative estimate of drug-likeness (QED) is 0.643. The largest absolute Gasteiger partial charge is 0.350 e. The van der Waals surface area contributed by atoms with Gasteiger partial charge in [0, 0.05) is 40.6 Å². The van der Waals surface area contributed by atoms with Gasteiger partial charge in [-0.15, -0.1) is 0 Å². The molecular weight excluding hydrogens is 454 g/mol. The number of benzene rings is 2. The van der Waals surface area contributed by atoms with E-state index < -0.39 is 5.41 Å². The molecule has 2 fully saturated rings. The van der Waals surface area contributed by atoms with Crippen molar-refractivity contribution in [1.82, 2.24) is 10.2 Å². The third-order valence-corrected chi connectivity index (χ3v) is 6.86. The third-order valence-electron chi connectivity index (χ3n) is 6.33. The number of nitrogens with one attached hydrogen (secondary N) is 1. The first-order valence-corrected chi connectivity index (χ1v) is 11.2. The van der Waals surface area contributed by atoms with Gasteiger partial charge in [0.2, 0.25) is 5.91 Å². The topological polar surface area (TPSA) is 61.8 Å². The van der Waals surface area contributed by atoms with Crippen molar-refractivity contribution in [3.8, 4) is 0 Å². The van der Waals surface area contributed by atoms with Crippen LogP contribution in [0.15, 0.2) is 88.1 Å². The fourth-order valence-electron chi connectivity index (χ4n) is 4.86. The number of amides is 2. The number of fused-ring (bicyclic) bond motifs is 2. The van der Waals surface area contributed by atoms with Gasteiger partial charge in [0.1, 0.15) is 0 Å². The number of allylic oxidation sites excluding steroid dienone is 1. The Morgan fingerprint density at radius 1 is 1.10 bits per heavy atom. The van der Waals surface area contributed by atoms with Gasteiger partial charge >= 0.3 is 0 Å². The molecule has 2 amide bonds. The van der Waals surface area contributed by atoms with Crippen LogP contribution >= 0.6 is 15.9 Å². The molecule has 0 unspecified atom stereocenters. The van der Waals surface area contributed by atoms with E-state index >= 15 is 0 Å². The lowest BCUT2D eigenvalue weighted by Crippen LogP contribution is -2.57. The van der Waals surface area contributed by atoms with Crippen LogP contribution in [0.25, 0.3) is 0 Å². The zero-order valence-corrected chi connectivity index (χ0v) is 18.5. The van der Waals surface area contributed by atoms with Crippen molar-refractivity contribution in [2.24, 2.45) is 16.3 Å². The molecule has 1 spiro atoms. The molecule has 5 nitrogen and oxygen atoms in total. The van der Waals surface area contributed by atoms with E-state index in [-0.39, 0.29) is 17.7 Å². The third kappa shape index (κ3) is 3.55. The average Bonchev–Trinajstić information content (AvgIpc) is 3.19. The highest BCUT2D eigenvalue weighted by Crippen LogP contribution is 2.50. The molecule has 5 rings (SSSR count). The van der Waals surface area contributed by atoms with Gasteiger partial charge in [-0.05, 0) is 49.1 Å². The van der Waals surface area contributed by atoms with Crippen LogP contribution in [-0.4, -0.2) is 22.4 Å². The number of carbonyl (C=O) groups is 2. The van der Waals surface area contributed by atoms with E-state index in [9.17, 15) is 9.59 Å². The molecule has 6 heteroatoms. The number of carbonyl (C=O) groups excluding carboxylic acids is 2. The predicted octanol–water partition coefficient (Wildman–Crippen LogP) is 4.88. The first-order chi connectivity index (χ1) is 15.1. The van der Waals surface area contributed by atoms with E-state index in [4.69, 9.17) is 4.99 Å². The van der Waals surface area contributed by atoms with Gasteiger partial charge < -0.3 is 4.90 Å². The standard InChI is InChI=1S/C25H22BrN3O2/c26-18-8-10-19(11-9-18)27-22-7-4-13-25(22)21-12-14-29(15-17-5-2-1-3-6-17)16-20(21)23(30)28-24(25)31/h1-3,5-6,8-12,14,16,21H,4,7,13,15H2,(H,28,30,31)/t21-,25+/m1/s1. The van der Waals surface area contributed by atoms with Crippen LogP contribution in [0.2, 0.25) is 0 Å². The zero-order valence-electron chi connectivity index (χ0n) is 16.9. The lowest BCUT2D eigenvalue weighted by Gasteiger charge is -2.42. The molecule has 0 bridgehead atoms. The predicted molar refractivity (Wildman–Crippen MR) is 123 cm³/mol. The van der Waals surface area contributed by atoms with Crippen LogP contribution in [-0.2, 0) is 16.1 Å². The van der Waals surface area contributed by atoms with Crippen molar-refractivity contribution in [2.45, 2.75) is 25.8 Å². The van der Waals surface area contributed by atoms with Crippen molar-refractivity contribution in [3.63, 3.8) is 0 Å². The summed E-state index contributed by atoms with van der Waals surface area (Å²) in [5.41, 5.74) is 2.66.